The zero-order chi connectivity index (χ0) is 11.3. The van der Waals surface area contributed by atoms with Gasteiger partial charge in [-0.1, -0.05) is 0 Å². The van der Waals surface area contributed by atoms with Gasteiger partial charge in [-0.25, -0.2) is 8.78 Å². The first kappa shape index (κ1) is 12.1. The maximum Gasteiger partial charge on any atom is 0.126 e. The number of hydrogen-bond donors (Lipinski definition) is 2. The quantitative estimate of drug-likeness (QED) is 0.729. The van der Waals surface area contributed by atoms with Crippen molar-refractivity contribution in [2.75, 3.05) is 13.1 Å². The second-order valence-corrected chi connectivity index (χ2v) is 3.58. The van der Waals surface area contributed by atoms with Crippen LogP contribution in [0.2, 0.25) is 0 Å². The van der Waals surface area contributed by atoms with Crippen LogP contribution in [0.1, 0.15) is 12.5 Å². The average molecular weight is 215 g/mol. The van der Waals surface area contributed by atoms with E-state index in [2.05, 4.69) is 5.32 Å². The minimum absolute atomic E-state index is 0.408. The summed E-state index contributed by atoms with van der Waals surface area (Å²) in [5.41, 5.74) is 0.616. The summed E-state index contributed by atoms with van der Waals surface area (Å²) in [4.78, 5) is 0. The molecule has 0 aliphatic heterocycles. The van der Waals surface area contributed by atoms with Crippen molar-refractivity contribution >= 4 is 0 Å². The van der Waals surface area contributed by atoms with Crippen LogP contribution in [-0.4, -0.2) is 24.3 Å². The molecule has 15 heavy (non-hydrogen) atoms. The predicted octanol–water partition coefficient (Wildman–Crippen LogP) is 1.48. The summed E-state index contributed by atoms with van der Waals surface area (Å²) < 4.78 is 25.5. The summed E-state index contributed by atoms with van der Waals surface area (Å²) in [6, 6.07) is 3.48. The third-order valence-electron chi connectivity index (χ3n) is 1.95. The molecule has 0 heterocycles. The molecule has 4 heteroatoms. The van der Waals surface area contributed by atoms with Crippen molar-refractivity contribution in [2.45, 2.75) is 19.4 Å². The second-order valence-electron chi connectivity index (χ2n) is 3.58. The van der Waals surface area contributed by atoms with Crippen LogP contribution in [0.5, 0.6) is 0 Å². The third-order valence-corrected chi connectivity index (χ3v) is 1.95. The highest BCUT2D eigenvalue weighted by atomic mass is 19.1. The summed E-state index contributed by atoms with van der Waals surface area (Å²) in [6.07, 6.45) is 0.135. The molecule has 0 unspecified atom stereocenters. The summed E-state index contributed by atoms with van der Waals surface area (Å²) in [6.45, 7) is 2.75. The second kappa shape index (κ2) is 5.78. The van der Waals surface area contributed by atoms with E-state index in [1.807, 2.05) is 0 Å². The molecule has 2 nitrogen and oxygen atoms in total. The van der Waals surface area contributed by atoms with Gasteiger partial charge in [-0.15, -0.1) is 0 Å². The van der Waals surface area contributed by atoms with Crippen LogP contribution in [0.25, 0.3) is 0 Å². The lowest BCUT2D eigenvalue weighted by molar-refractivity contribution is 0.191. The minimum Gasteiger partial charge on any atom is -0.392 e. The fraction of sp³-hybridized carbons (Fsp3) is 0.455. The first-order valence-electron chi connectivity index (χ1n) is 4.91. The van der Waals surface area contributed by atoms with Crippen molar-refractivity contribution in [2.24, 2.45) is 0 Å². The Balaban J connectivity index is 2.37. The Kier molecular flexibility index (Phi) is 4.65. The molecule has 0 saturated carbocycles. The van der Waals surface area contributed by atoms with Gasteiger partial charge in [0.05, 0.1) is 6.10 Å². The molecule has 84 valence electrons. The summed E-state index contributed by atoms with van der Waals surface area (Å²) in [5, 5.41) is 11.9. The number of nitrogens with one attached hydrogen (secondary N) is 1. The van der Waals surface area contributed by atoms with Gasteiger partial charge in [0.1, 0.15) is 11.6 Å². The van der Waals surface area contributed by atoms with Gasteiger partial charge < -0.3 is 10.4 Å². The number of aliphatic hydroxyl groups is 1. The lowest BCUT2D eigenvalue weighted by Crippen LogP contribution is -2.26. The fourth-order valence-corrected chi connectivity index (χ4v) is 1.30. The number of hydrogen-bond acceptors (Lipinski definition) is 2. The van der Waals surface area contributed by atoms with Crippen molar-refractivity contribution in [3.63, 3.8) is 0 Å². The van der Waals surface area contributed by atoms with Gasteiger partial charge in [-0.3, -0.25) is 0 Å². The lowest BCUT2D eigenvalue weighted by atomic mass is 10.1. The first-order valence-corrected chi connectivity index (χ1v) is 4.91. The van der Waals surface area contributed by atoms with E-state index in [-0.39, 0.29) is 0 Å². The van der Waals surface area contributed by atoms with E-state index in [1.165, 1.54) is 12.1 Å². The van der Waals surface area contributed by atoms with Crippen molar-refractivity contribution in [3.05, 3.63) is 35.4 Å². The Morgan fingerprint density at radius 3 is 2.40 bits per heavy atom. The maximum atomic E-state index is 12.8. The molecule has 1 rings (SSSR count). The Morgan fingerprint density at radius 1 is 1.27 bits per heavy atom. The molecule has 1 aromatic carbocycles. The van der Waals surface area contributed by atoms with Crippen molar-refractivity contribution < 1.29 is 13.9 Å². The highest BCUT2D eigenvalue weighted by molar-refractivity contribution is 5.18. The molecule has 0 fully saturated rings. The Bertz CT molecular complexity index is 295. The topological polar surface area (TPSA) is 32.3 Å². The standard InChI is InChI=1S/C11H15F2NO/c1-8(15)7-14-3-2-9-4-10(12)6-11(13)5-9/h4-6,8,14-15H,2-3,7H2,1H3/t8-/m0/s1. The maximum absolute atomic E-state index is 12.8. The summed E-state index contributed by atoms with van der Waals surface area (Å²) >= 11 is 0. The molecular weight excluding hydrogens is 200 g/mol. The van der Waals surface area contributed by atoms with Gasteiger partial charge in [-0.05, 0) is 37.6 Å². The van der Waals surface area contributed by atoms with Crippen LogP contribution in [0.15, 0.2) is 18.2 Å². The molecule has 0 saturated heterocycles. The molecular formula is C11H15F2NO. The van der Waals surface area contributed by atoms with Crippen LogP contribution < -0.4 is 5.32 Å². The third kappa shape index (κ3) is 4.85. The SMILES string of the molecule is C[C@H](O)CNCCc1cc(F)cc(F)c1. The van der Waals surface area contributed by atoms with Gasteiger partial charge in [-0.2, -0.15) is 0 Å². The number of rotatable bonds is 5. The summed E-state index contributed by atoms with van der Waals surface area (Å²) in [7, 11) is 0. The van der Waals surface area contributed by atoms with Gasteiger partial charge in [0.15, 0.2) is 0 Å². The largest absolute Gasteiger partial charge is 0.392 e. The van der Waals surface area contributed by atoms with E-state index < -0.39 is 17.7 Å². The van der Waals surface area contributed by atoms with E-state index >= 15 is 0 Å². The van der Waals surface area contributed by atoms with E-state index in [0.717, 1.165) is 6.07 Å². The molecule has 0 aromatic heterocycles. The minimum atomic E-state index is -0.555. The Morgan fingerprint density at radius 2 is 1.87 bits per heavy atom. The van der Waals surface area contributed by atoms with Crippen LogP contribution >= 0.6 is 0 Å². The molecule has 0 amide bonds. The highest BCUT2D eigenvalue weighted by Crippen LogP contribution is 2.07. The molecule has 1 atom stereocenters. The molecule has 0 spiro atoms. The Hall–Kier alpha value is -1.00. The molecule has 0 radical (unpaired) electrons. The van der Waals surface area contributed by atoms with Crippen molar-refractivity contribution in [1.29, 1.82) is 0 Å². The van der Waals surface area contributed by atoms with E-state index in [0.29, 0.717) is 25.1 Å². The zero-order valence-electron chi connectivity index (χ0n) is 8.63. The molecule has 0 aliphatic rings. The van der Waals surface area contributed by atoms with Crippen molar-refractivity contribution in [1.82, 2.24) is 5.32 Å². The van der Waals surface area contributed by atoms with Gasteiger partial charge >= 0.3 is 0 Å². The van der Waals surface area contributed by atoms with E-state index in [4.69, 9.17) is 5.11 Å². The van der Waals surface area contributed by atoms with Gasteiger partial charge in [0.2, 0.25) is 0 Å². The molecule has 0 bridgehead atoms. The van der Waals surface area contributed by atoms with E-state index in [1.54, 1.807) is 6.92 Å². The lowest BCUT2D eigenvalue weighted by Gasteiger charge is -2.06. The molecule has 0 aliphatic carbocycles. The average Bonchev–Trinajstić information content (AvgIpc) is 2.10. The zero-order valence-corrected chi connectivity index (χ0v) is 8.63. The van der Waals surface area contributed by atoms with Crippen LogP contribution in [0.3, 0.4) is 0 Å². The Labute approximate surface area is 87.9 Å². The predicted molar refractivity (Wildman–Crippen MR) is 54.6 cm³/mol. The first-order chi connectivity index (χ1) is 7.08. The molecule has 2 N–H and O–H groups in total. The smallest absolute Gasteiger partial charge is 0.126 e. The van der Waals surface area contributed by atoms with Gasteiger partial charge in [0.25, 0.3) is 0 Å². The van der Waals surface area contributed by atoms with Crippen LogP contribution in [0.4, 0.5) is 8.78 Å². The van der Waals surface area contributed by atoms with Crippen LogP contribution in [0, 0.1) is 11.6 Å². The monoisotopic (exact) mass is 215 g/mol. The summed E-state index contributed by atoms with van der Waals surface area (Å²) in [5.74, 6) is -1.11. The van der Waals surface area contributed by atoms with E-state index in [9.17, 15) is 8.78 Å². The number of benzene rings is 1. The molecule has 1 aromatic rings. The normalized spacial score (nSPS) is 12.8. The van der Waals surface area contributed by atoms with Crippen molar-refractivity contribution in [3.8, 4) is 0 Å². The highest BCUT2D eigenvalue weighted by Gasteiger charge is 2.00. The van der Waals surface area contributed by atoms with Gasteiger partial charge in [0, 0.05) is 12.6 Å². The number of halogens is 2. The number of aliphatic hydroxyl groups excluding tert-OH is 1. The van der Waals surface area contributed by atoms with Crippen LogP contribution in [-0.2, 0) is 6.42 Å². The fourth-order valence-electron chi connectivity index (χ4n) is 1.30.